The summed E-state index contributed by atoms with van der Waals surface area (Å²) in [5, 5.41) is 3.37. The number of benzene rings is 4. The Morgan fingerprint density at radius 3 is 2.00 bits per heavy atom. The molecule has 0 aliphatic heterocycles. The van der Waals surface area contributed by atoms with Crippen LogP contribution in [-0.4, -0.2) is 44.3 Å². The summed E-state index contributed by atoms with van der Waals surface area (Å²) < 4.78 is 29.1. The molecule has 0 saturated heterocycles. The van der Waals surface area contributed by atoms with Crippen molar-refractivity contribution in [1.29, 1.82) is 0 Å². The fraction of sp³-hybridized carbons (Fsp3) is 0.235. The molecule has 1 atom stereocenters. The van der Waals surface area contributed by atoms with Crippen LogP contribution < -0.4 is 9.62 Å². The molecule has 2 amide bonds. The van der Waals surface area contributed by atoms with E-state index in [1.54, 1.807) is 18.2 Å². The van der Waals surface area contributed by atoms with Crippen LogP contribution in [0.4, 0.5) is 5.69 Å². The van der Waals surface area contributed by atoms with Crippen LogP contribution in [0.3, 0.4) is 0 Å². The van der Waals surface area contributed by atoms with Gasteiger partial charge in [-0.1, -0.05) is 115 Å². The summed E-state index contributed by atoms with van der Waals surface area (Å²) in [5.41, 5.74) is 1.76. The van der Waals surface area contributed by atoms with Gasteiger partial charge >= 0.3 is 0 Å². The second-order valence-electron chi connectivity index (χ2n) is 10.3. The molecule has 4 aromatic carbocycles. The third-order valence-corrected chi connectivity index (χ3v) is 9.40. The van der Waals surface area contributed by atoms with E-state index in [4.69, 9.17) is 23.2 Å². The third-order valence-electron chi connectivity index (χ3n) is 7.08. The maximum atomic E-state index is 14.4. The number of hydrogen-bond acceptors (Lipinski definition) is 4. The zero-order chi connectivity index (χ0) is 31.5. The van der Waals surface area contributed by atoms with Crippen molar-refractivity contribution in [3.63, 3.8) is 0 Å². The van der Waals surface area contributed by atoms with Gasteiger partial charge in [0.25, 0.3) is 10.0 Å². The molecule has 1 unspecified atom stereocenters. The molecule has 0 heterocycles. The topological polar surface area (TPSA) is 86.8 Å². The molecule has 44 heavy (non-hydrogen) atoms. The highest BCUT2D eigenvalue weighted by Gasteiger charge is 2.35. The Kier molecular flexibility index (Phi) is 11.8. The number of carbonyl (C=O) groups is 2. The first kappa shape index (κ1) is 33.1. The van der Waals surface area contributed by atoms with E-state index in [2.05, 4.69) is 5.32 Å². The predicted octanol–water partition coefficient (Wildman–Crippen LogP) is 6.75. The van der Waals surface area contributed by atoms with Gasteiger partial charge in [0.1, 0.15) is 12.6 Å². The van der Waals surface area contributed by atoms with Crippen LogP contribution in [0.25, 0.3) is 0 Å². The van der Waals surface area contributed by atoms with Gasteiger partial charge in [-0.3, -0.25) is 13.9 Å². The van der Waals surface area contributed by atoms with Crippen LogP contribution in [0.1, 0.15) is 30.9 Å². The maximum Gasteiger partial charge on any atom is 0.264 e. The van der Waals surface area contributed by atoms with Gasteiger partial charge < -0.3 is 10.2 Å². The van der Waals surface area contributed by atoms with Crippen molar-refractivity contribution < 1.29 is 18.0 Å². The lowest BCUT2D eigenvalue weighted by Gasteiger charge is -2.34. The van der Waals surface area contributed by atoms with Gasteiger partial charge in [0, 0.05) is 24.5 Å². The first-order chi connectivity index (χ1) is 21.2. The summed E-state index contributed by atoms with van der Waals surface area (Å²) in [5.74, 6) is -0.875. The molecule has 7 nitrogen and oxygen atoms in total. The standard InChI is InChI=1S/C34H35Cl2N3O4S/c1-2-3-21-37-34(41)32(22-26-13-7-4-8-14-26)38(24-27-15-9-5-10-16-27)33(40)25-39(31-20-19-28(35)23-30(31)36)44(42,43)29-17-11-6-12-18-29/h4-20,23,32H,2-3,21-22,24-25H2,1H3,(H,37,41). The molecule has 0 radical (unpaired) electrons. The van der Waals surface area contributed by atoms with Crippen molar-refractivity contribution in [2.24, 2.45) is 0 Å². The zero-order valence-corrected chi connectivity index (χ0v) is 26.7. The lowest BCUT2D eigenvalue weighted by Crippen LogP contribution is -2.53. The molecular formula is C34H35Cl2N3O4S. The Balaban J connectivity index is 1.79. The largest absolute Gasteiger partial charge is 0.354 e. The van der Waals surface area contributed by atoms with Crippen LogP contribution in [0.15, 0.2) is 114 Å². The molecule has 4 rings (SSSR count). The predicted molar refractivity (Wildman–Crippen MR) is 176 cm³/mol. The summed E-state index contributed by atoms with van der Waals surface area (Å²) in [6, 6.07) is 30.1. The molecule has 0 aromatic heterocycles. The quantitative estimate of drug-likeness (QED) is 0.153. The van der Waals surface area contributed by atoms with Crippen molar-refractivity contribution in [3.05, 3.63) is 130 Å². The van der Waals surface area contributed by atoms with Crippen molar-refractivity contribution in [3.8, 4) is 0 Å². The summed E-state index contributed by atoms with van der Waals surface area (Å²) in [6.07, 6.45) is 1.92. The van der Waals surface area contributed by atoms with Crippen LogP contribution >= 0.6 is 23.2 Å². The summed E-state index contributed by atoms with van der Waals surface area (Å²) in [4.78, 5) is 29.6. The molecule has 10 heteroatoms. The molecule has 0 bridgehead atoms. The molecule has 0 saturated carbocycles. The smallest absolute Gasteiger partial charge is 0.264 e. The number of halogens is 2. The van der Waals surface area contributed by atoms with Crippen molar-refractivity contribution in [2.45, 2.75) is 43.7 Å². The van der Waals surface area contributed by atoms with Crippen molar-refractivity contribution in [2.75, 3.05) is 17.4 Å². The number of anilines is 1. The van der Waals surface area contributed by atoms with Crippen molar-refractivity contribution in [1.82, 2.24) is 10.2 Å². The number of carbonyl (C=O) groups excluding carboxylic acids is 2. The minimum atomic E-state index is -4.26. The van der Waals surface area contributed by atoms with E-state index in [0.29, 0.717) is 11.6 Å². The fourth-order valence-corrected chi connectivity index (χ4v) is 6.77. The fourth-order valence-electron chi connectivity index (χ4n) is 4.76. The van der Waals surface area contributed by atoms with E-state index in [1.807, 2.05) is 67.6 Å². The van der Waals surface area contributed by atoms with Gasteiger partial charge in [-0.05, 0) is 47.9 Å². The zero-order valence-electron chi connectivity index (χ0n) is 24.4. The van der Waals surface area contributed by atoms with Gasteiger partial charge in [0.05, 0.1) is 15.6 Å². The number of nitrogens with zero attached hydrogens (tertiary/aromatic N) is 2. The van der Waals surface area contributed by atoms with E-state index in [1.165, 1.54) is 35.2 Å². The monoisotopic (exact) mass is 651 g/mol. The second kappa shape index (κ2) is 15.7. The normalized spacial score (nSPS) is 11.9. The Labute approximate surface area is 269 Å². The molecule has 230 valence electrons. The highest BCUT2D eigenvalue weighted by atomic mass is 35.5. The number of unbranched alkanes of at least 4 members (excludes halogenated alkanes) is 1. The number of amides is 2. The molecule has 0 aliphatic rings. The molecule has 0 aliphatic carbocycles. The molecule has 0 spiro atoms. The van der Waals surface area contributed by atoms with E-state index < -0.39 is 28.5 Å². The van der Waals surface area contributed by atoms with Gasteiger partial charge in [-0.2, -0.15) is 0 Å². The number of nitrogens with one attached hydrogen (secondary N) is 1. The van der Waals surface area contributed by atoms with E-state index in [-0.39, 0.29) is 34.5 Å². The van der Waals surface area contributed by atoms with Gasteiger partial charge in [0.2, 0.25) is 11.8 Å². The molecule has 4 aromatic rings. The Bertz CT molecular complexity index is 1640. The number of sulfonamides is 1. The first-order valence-electron chi connectivity index (χ1n) is 14.4. The van der Waals surface area contributed by atoms with E-state index in [9.17, 15) is 18.0 Å². The maximum absolute atomic E-state index is 14.4. The van der Waals surface area contributed by atoms with Crippen LogP contribution in [0, 0.1) is 0 Å². The van der Waals surface area contributed by atoms with Crippen LogP contribution in [-0.2, 0) is 32.6 Å². The summed E-state index contributed by atoms with van der Waals surface area (Å²) in [7, 11) is -4.26. The second-order valence-corrected chi connectivity index (χ2v) is 13.0. The minimum absolute atomic E-state index is 0.00781. The van der Waals surface area contributed by atoms with E-state index >= 15 is 0 Å². The third kappa shape index (κ3) is 8.62. The first-order valence-corrected chi connectivity index (χ1v) is 16.6. The van der Waals surface area contributed by atoms with Crippen molar-refractivity contribution >= 4 is 50.7 Å². The molecular weight excluding hydrogens is 617 g/mol. The lowest BCUT2D eigenvalue weighted by molar-refractivity contribution is -0.140. The van der Waals surface area contributed by atoms with Gasteiger partial charge in [-0.15, -0.1) is 0 Å². The Hall–Kier alpha value is -3.85. The molecule has 0 fully saturated rings. The highest BCUT2D eigenvalue weighted by Crippen LogP contribution is 2.33. The minimum Gasteiger partial charge on any atom is -0.354 e. The lowest BCUT2D eigenvalue weighted by atomic mass is 10.0. The molecule has 1 N–H and O–H groups in total. The SMILES string of the molecule is CCCCNC(=O)C(Cc1ccccc1)N(Cc1ccccc1)C(=O)CN(c1ccc(Cl)cc1Cl)S(=O)(=O)c1ccccc1. The number of hydrogen-bond donors (Lipinski definition) is 1. The summed E-state index contributed by atoms with van der Waals surface area (Å²) >= 11 is 12.7. The number of rotatable bonds is 14. The van der Waals surface area contributed by atoms with Crippen LogP contribution in [0.2, 0.25) is 10.0 Å². The van der Waals surface area contributed by atoms with Gasteiger partial charge in [-0.25, -0.2) is 8.42 Å². The van der Waals surface area contributed by atoms with Crippen LogP contribution in [0.5, 0.6) is 0 Å². The Morgan fingerprint density at radius 1 is 0.818 bits per heavy atom. The highest BCUT2D eigenvalue weighted by molar-refractivity contribution is 7.92. The Morgan fingerprint density at radius 2 is 1.41 bits per heavy atom. The van der Waals surface area contributed by atoms with Gasteiger partial charge in [0.15, 0.2) is 0 Å². The van der Waals surface area contributed by atoms with E-state index in [0.717, 1.165) is 28.3 Å². The summed E-state index contributed by atoms with van der Waals surface area (Å²) in [6.45, 7) is 1.98. The average molecular weight is 653 g/mol. The average Bonchev–Trinajstić information content (AvgIpc) is 3.03.